The zero-order valence-corrected chi connectivity index (χ0v) is 12.2. The van der Waals surface area contributed by atoms with Crippen molar-refractivity contribution in [3.63, 3.8) is 0 Å². The van der Waals surface area contributed by atoms with E-state index in [-0.39, 0.29) is 0 Å². The van der Waals surface area contributed by atoms with E-state index < -0.39 is 0 Å². The van der Waals surface area contributed by atoms with E-state index in [2.05, 4.69) is 32.1 Å². The summed E-state index contributed by atoms with van der Waals surface area (Å²) in [6.07, 6.45) is 5.86. The fourth-order valence-corrected chi connectivity index (χ4v) is 2.93. The summed E-state index contributed by atoms with van der Waals surface area (Å²) in [4.78, 5) is 2.50. The van der Waals surface area contributed by atoms with Crippen molar-refractivity contribution in [2.75, 3.05) is 31.5 Å². The van der Waals surface area contributed by atoms with Crippen LogP contribution in [-0.4, -0.2) is 42.4 Å². The van der Waals surface area contributed by atoms with Gasteiger partial charge in [0.05, 0.1) is 0 Å². The quantitative estimate of drug-likeness (QED) is 0.575. The Hall–Kier alpha value is 0.600. The molecule has 0 rings (SSSR count). The molecule has 15 heavy (non-hydrogen) atoms. The summed E-state index contributed by atoms with van der Waals surface area (Å²) in [7, 11) is 2.25. The van der Waals surface area contributed by atoms with Crippen LogP contribution in [0.2, 0.25) is 0 Å². The second-order valence-corrected chi connectivity index (χ2v) is 5.66. The number of halogens is 1. The van der Waals surface area contributed by atoms with Crippen LogP contribution in [0, 0.1) is 5.92 Å². The third-order valence-electron chi connectivity index (χ3n) is 3.03. The maximum absolute atomic E-state index is 5.73. The smallest absolute Gasteiger partial charge is 0.0225 e. The van der Waals surface area contributed by atoms with E-state index in [9.17, 15) is 0 Å². The molecule has 0 N–H and O–H groups in total. The molecule has 2 atom stereocenters. The van der Waals surface area contributed by atoms with E-state index in [1.54, 1.807) is 0 Å². The molecular formula is C12H26ClNS. The highest BCUT2D eigenvalue weighted by Gasteiger charge is 2.12. The molecule has 0 aliphatic rings. The van der Waals surface area contributed by atoms with E-state index in [1.807, 2.05) is 11.8 Å². The van der Waals surface area contributed by atoms with Gasteiger partial charge in [0.25, 0.3) is 0 Å². The van der Waals surface area contributed by atoms with E-state index >= 15 is 0 Å². The molecule has 0 aromatic heterocycles. The van der Waals surface area contributed by atoms with Gasteiger partial charge in [-0.15, -0.1) is 11.6 Å². The first kappa shape index (κ1) is 15.6. The molecule has 0 bridgehead atoms. The summed E-state index contributed by atoms with van der Waals surface area (Å²) in [6.45, 7) is 5.78. The fraction of sp³-hybridized carbons (Fsp3) is 1.00. The number of nitrogens with zero attached hydrogens (tertiary/aromatic N) is 1. The van der Waals surface area contributed by atoms with Crippen molar-refractivity contribution in [2.24, 2.45) is 5.92 Å². The number of hydrogen-bond acceptors (Lipinski definition) is 2. The molecular weight excluding hydrogens is 226 g/mol. The highest BCUT2D eigenvalue weighted by atomic mass is 35.5. The molecule has 0 aromatic rings. The van der Waals surface area contributed by atoms with Crippen LogP contribution in [0.5, 0.6) is 0 Å². The fourth-order valence-electron chi connectivity index (χ4n) is 1.69. The Labute approximate surface area is 105 Å². The van der Waals surface area contributed by atoms with Crippen LogP contribution in [-0.2, 0) is 0 Å². The number of rotatable bonds is 9. The number of hydrogen-bond donors (Lipinski definition) is 0. The van der Waals surface area contributed by atoms with Crippen molar-refractivity contribution in [2.45, 2.75) is 39.2 Å². The molecule has 2 unspecified atom stereocenters. The molecule has 0 aliphatic carbocycles. The standard InChI is InChI=1S/C12H26ClNS/c1-5-12(10-15-4)14(3)9-7-11(2)6-8-13/h11-12H,5-10H2,1-4H3. The average Bonchev–Trinajstić information content (AvgIpc) is 2.23. The van der Waals surface area contributed by atoms with Crippen LogP contribution in [0.1, 0.15) is 33.1 Å². The first-order valence-corrected chi connectivity index (χ1v) is 7.83. The Kier molecular flexibility index (Phi) is 10.2. The van der Waals surface area contributed by atoms with Crippen LogP contribution in [0.3, 0.4) is 0 Å². The Morgan fingerprint density at radius 3 is 2.47 bits per heavy atom. The third-order valence-corrected chi connectivity index (χ3v) is 3.97. The molecule has 3 heteroatoms. The monoisotopic (exact) mass is 251 g/mol. The lowest BCUT2D eigenvalue weighted by molar-refractivity contribution is 0.238. The van der Waals surface area contributed by atoms with Crippen LogP contribution in [0.25, 0.3) is 0 Å². The van der Waals surface area contributed by atoms with Crippen molar-refractivity contribution in [3.05, 3.63) is 0 Å². The minimum absolute atomic E-state index is 0.739. The van der Waals surface area contributed by atoms with Crippen LogP contribution >= 0.6 is 23.4 Å². The van der Waals surface area contributed by atoms with E-state index in [0.717, 1.165) is 24.3 Å². The molecule has 0 saturated carbocycles. The van der Waals surface area contributed by atoms with Gasteiger partial charge in [0.2, 0.25) is 0 Å². The third kappa shape index (κ3) is 7.48. The molecule has 0 heterocycles. The summed E-state index contributed by atoms with van der Waals surface area (Å²) in [5, 5.41) is 0. The first-order valence-electron chi connectivity index (χ1n) is 5.90. The molecule has 0 aromatic carbocycles. The summed E-state index contributed by atoms with van der Waals surface area (Å²) in [5.74, 6) is 2.81. The topological polar surface area (TPSA) is 3.24 Å². The lowest BCUT2D eigenvalue weighted by Crippen LogP contribution is -2.34. The summed E-state index contributed by atoms with van der Waals surface area (Å²) < 4.78 is 0. The van der Waals surface area contributed by atoms with Gasteiger partial charge in [-0.25, -0.2) is 0 Å². The second kappa shape index (κ2) is 9.80. The highest BCUT2D eigenvalue weighted by molar-refractivity contribution is 7.98. The van der Waals surface area contributed by atoms with Crippen molar-refractivity contribution in [1.82, 2.24) is 4.90 Å². The van der Waals surface area contributed by atoms with Crippen LogP contribution in [0.4, 0.5) is 0 Å². The maximum Gasteiger partial charge on any atom is 0.0225 e. The Bertz CT molecular complexity index is 144. The highest BCUT2D eigenvalue weighted by Crippen LogP contribution is 2.13. The number of alkyl halides is 1. The second-order valence-electron chi connectivity index (χ2n) is 4.37. The van der Waals surface area contributed by atoms with Gasteiger partial charge in [0, 0.05) is 17.7 Å². The summed E-state index contributed by atoms with van der Waals surface area (Å²) in [5.41, 5.74) is 0. The molecule has 1 nitrogen and oxygen atoms in total. The Balaban J connectivity index is 3.73. The zero-order chi connectivity index (χ0) is 11.7. The van der Waals surface area contributed by atoms with Gasteiger partial charge in [0.15, 0.2) is 0 Å². The van der Waals surface area contributed by atoms with Gasteiger partial charge in [-0.3, -0.25) is 0 Å². The van der Waals surface area contributed by atoms with E-state index in [1.165, 1.54) is 25.1 Å². The molecule has 0 saturated heterocycles. The van der Waals surface area contributed by atoms with Gasteiger partial charge in [-0.1, -0.05) is 13.8 Å². The molecule has 0 amide bonds. The average molecular weight is 252 g/mol. The van der Waals surface area contributed by atoms with Gasteiger partial charge in [-0.05, 0) is 45.0 Å². The molecule has 0 spiro atoms. The summed E-state index contributed by atoms with van der Waals surface area (Å²) >= 11 is 7.68. The molecule has 0 radical (unpaired) electrons. The molecule has 0 aliphatic heterocycles. The minimum atomic E-state index is 0.739. The van der Waals surface area contributed by atoms with Gasteiger partial charge in [0.1, 0.15) is 0 Å². The van der Waals surface area contributed by atoms with Gasteiger partial charge >= 0.3 is 0 Å². The van der Waals surface area contributed by atoms with Crippen LogP contribution in [0.15, 0.2) is 0 Å². The van der Waals surface area contributed by atoms with Crippen LogP contribution < -0.4 is 0 Å². The lowest BCUT2D eigenvalue weighted by atomic mass is 10.0. The van der Waals surface area contributed by atoms with E-state index in [0.29, 0.717) is 0 Å². The van der Waals surface area contributed by atoms with Crippen molar-refractivity contribution < 1.29 is 0 Å². The van der Waals surface area contributed by atoms with Crippen molar-refractivity contribution in [1.29, 1.82) is 0 Å². The predicted octanol–water partition coefficient (Wildman–Crippen LogP) is 3.71. The first-order chi connectivity index (χ1) is 7.15. The van der Waals surface area contributed by atoms with Gasteiger partial charge < -0.3 is 4.90 Å². The van der Waals surface area contributed by atoms with E-state index in [4.69, 9.17) is 11.6 Å². The van der Waals surface area contributed by atoms with Gasteiger partial charge in [-0.2, -0.15) is 11.8 Å². The normalized spacial score (nSPS) is 15.6. The Morgan fingerprint density at radius 2 is 2.00 bits per heavy atom. The van der Waals surface area contributed by atoms with Crippen molar-refractivity contribution in [3.8, 4) is 0 Å². The minimum Gasteiger partial charge on any atom is -0.303 e. The predicted molar refractivity (Wildman–Crippen MR) is 74.2 cm³/mol. The van der Waals surface area contributed by atoms with Crippen molar-refractivity contribution >= 4 is 23.4 Å². The summed E-state index contributed by atoms with van der Waals surface area (Å²) in [6, 6.07) is 0.739. The molecule has 92 valence electrons. The SMILES string of the molecule is CCC(CSC)N(C)CCC(C)CCCl. The lowest BCUT2D eigenvalue weighted by Gasteiger charge is -2.27. The zero-order valence-electron chi connectivity index (χ0n) is 10.6. The Morgan fingerprint density at radius 1 is 1.33 bits per heavy atom. The molecule has 0 fully saturated rings. The largest absolute Gasteiger partial charge is 0.303 e. The maximum atomic E-state index is 5.73. The number of thioether (sulfide) groups is 1.